The lowest BCUT2D eigenvalue weighted by Crippen LogP contribution is -2.28. The van der Waals surface area contributed by atoms with Gasteiger partial charge in [0, 0.05) is 0 Å². The summed E-state index contributed by atoms with van der Waals surface area (Å²) >= 11 is 0. The monoisotopic (exact) mass is 246 g/mol. The fourth-order valence-corrected chi connectivity index (χ4v) is 3.21. The molecular formula is C16H22O2. The Hall–Kier alpha value is -1.31. The average molecular weight is 246 g/mol. The van der Waals surface area contributed by atoms with E-state index in [9.17, 15) is 9.90 Å². The Morgan fingerprint density at radius 2 is 1.83 bits per heavy atom. The normalized spacial score (nSPS) is 23.9. The molecule has 0 aromatic heterocycles. The summed E-state index contributed by atoms with van der Waals surface area (Å²) < 4.78 is 0. The first-order valence-electron chi connectivity index (χ1n) is 6.87. The van der Waals surface area contributed by atoms with Crippen LogP contribution in [-0.4, -0.2) is 11.1 Å². The first-order valence-corrected chi connectivity index (χ1v) is 6.87. The summed E-state index contributed by atoms with van der Waals surface area (Å²) in [5.74, 6) is -0.431. The second-order valence-corrected chi connectivity index (χ2v) is 5.56. The number of benzene rings is 1. The molecule has 1 aromatic carbocycles. The zero-order valence-electron chi connectivity index (χ0n) is 11.3. The Balaban J connectivity index is 2.18. The number of carboxylic acid groups (broad SMARTS) is 1. The lowest BCUT2D eigenvalue weighted by molar-refractivity contribution is -0.144. The minimum atomic E-state index is -0.606. The maximum atomic E-state index is 11.3. The van der Waals surface area contributed by atoms with Gasteiger partial charge in [0.15, 0.2) is 0 Å². The van der Waals surface area contributed by atoms with Gasteiger partial charge >= 0.3 is 5.97 Å². The van der Waals surface area contributed by atoms with Crippen LogP contribution in [0.5, 0.6) is 0 Å². The van der Waals surface area contributed by atoms with Crippen molar-refractivity contribution in [3.63, 3.8) is 0 Å². The number of aryl methyl sites for hydroxylation is 2. The predicted molar refractivity (Wildman–Crippen MR) is 72.7 cm³/mol. The second kappa shape index (κ2) is 5.55. The second-order valence-electron chi connectivity index (χ2n) is 5.56. The van der Waals surface area contributed by atoms with E-state index in [1.54, 1.807) is 0 Å². The van der Waals surface area contributed by atoms with Gasteiger partial charge in [-0.3, -0.25) is 4.79 Å². The number of carboxylic acids is 1. The van der Waals surface area contributed by atoms with Crippen LogP contribution in [-0.2, 0) is 11.2 Å². The van der Waals surface area contributed by atoms with E-state index in [-0.39, 0.29) is 5.92 Å². The lowest BCUT2D eigenvalue weighted by atomic mass is 9.75. The summed E-state index contributed by atoms with van der Waals surface area (Å²) in [6, 6.07) is 6.32. The topological polar surface area (TPSA) is 37.3 Å². The molecule has 98 valence electrons. The van der Waals surface area contributed by atoms with Crippen molar-refractivity contribution in [1.82, 2.24) is 0 Å². The molecule has 0 aliphatic heterocycles. The molecule has 2 rings (SSSR count). The van der Waals surface area contributed by atoms with E-state index >= 15 is 0 Å². The minimum absolute atomic E-state index is 0.141. The molecule has 1 aromatic rings. The van der Waals surface area contributed by atoms with E-state index < -0.39 is 5.97 Å². The summed E-state index contributed by atoms with van der Waals surface area (Å²) in [7, 11) is 0. The van der Waals surface area contributed by atoms with E-state index in [4.69, 9.17) is 0 Å². The number of hydrogen-bond acceptors (Lipinski definition) is 1. The third-order valence-corrected chi connectivity index (χ3v) is 4.34. The number of carbonyl (C=O) groups is 1. The molecular weight excluding hydrogens is 224 g/mol. The summed E-state index contributed by atoms with van der Waals surface area (Å²) in [5, 5.41) is 9.33. The first kappa shape index (κ1) is 13.1. The quantitative estimate of drug-likeness (QED) is 0.882. The van der Waals surface area contributed by atoms with Gasteiger partial charge in [-0.25, -0.2) is 0 Å². The third kappa shape index (κ3) is 2.74. The van der Waals surface area contributed by atoms with Gasteiger partial charge in [-0.05, 0) is 55.7 Å². The molecule has 2 nitrogen and oxygen atoms in total. The highest BCUT2D eigenvalue weighted by atomic mass is 16.4. The van der Waals surface area contributed by atoms with Gasteiger partial charge in [0.25, 0.3) is 0 Å². The van der Waals surface area contributed by atoms with E-state index in [2.05, 4.69) is 32.0 Å². The first-order chi connectivity index (χ1) is 8.59. The van der Waals surface area contributed by atoms with Crippen LogP contribution >= 0.6 is 0 Å². The summed E-state index contributed by atoms with van der Waals surface area (Å²) in [4.78, 5) is 11.3. The summed E-state index contributed by atoms with van der Waals surface area (Å²) in [6.07, 6.45) is 5.09. The van der Waals surface area contributed by atoms with E-state index in [0.29, 0.717) is 5.92 Å². The molecule has 1 aliphatic carbocycles. The highest BCUT2D eigenvalue weighted by Gasteiger charge is 2.31. The molecule has 2 unspecified atom stereocenters. The molecule has 18 heavy (non-hydrogen) atoms. The Morgan fingerprint density at radius 1 is 1.22 bits per heavy atom. The van der Waals surface area contributed by atoms with Gasteiger partial charge in [0.05, 0.1) is 5.92 Å². The van der Waals surface area contributed by atoms with Gasteiger partial charge in [-0.15, -0.1) is 0 Å². The van der Waals surface area contributed by atoms with E-state index in [1.165, 1.54) is 23.1 Å². The standard InChI is InChI=1S/C16H22O2/c1-11-6-5-7-12(2)15(11)10-13-8-3-4-9-14(13)16(17)18/h5-7,13-14H,3-4,8-10H2,1-2H3,(H,17,18). The van der Waals surface area contributed by atoms with Crippen LogP contribution in [0.1, 0.15) is 42.4 Å². The van der Waals surface area contributed by atoms with Gasteiger partial charge in [0.1, 0.15) is 0 Å². The Kier molecular flexibility index (Phi) is 4.05. The van der Waals surface area contributed by atoms with Crippen molar-refractivity contribution in [2.75, 3.05) is 0 Å². The molecule has 1 saturated carbocycles. The maximum Gasteiger partial charge on any atom is 0.306 e. The molecule has 1 N–H and O–H groups in total. The van der Waals surface area contributed by atoms with Crippen LogP contribution in [0.2, 0.25) is 0 Å². The Morgan fingerprint density at radius 3 is 2.44 bits per heavy atom. The molecule has 2 atom stereocenters. The Bertz CT molecular complexity index is 416. The van der Waals surface area contributed by atoms with Gasteiger partial charge in [0.2, 0.25) is 0 Å². The molecule has 0 bridgehead atoms. The van der Waals surface area contributed by atoms with Crippen LogP contribution in [0.15, 0.2) is 18.2 Å². The van der Waals surface area contributed by atoms with Crippen LogP contribution in [0, 0.1) is 25.7 Å². The van der Waals surface area contributed by atoms with Crippen molar-refractivity contribution >= 4 is 5.97 Å². The average Bonchev–Trinajstić information content (AvgIpc) is 2.34. The maximum absolute atomic E-state index is 11.3. The Labute approximate surface area is 109 Å². The molecule has 0 spiro atoms. The fraction of sp³-hybridized carbons (Fsp3) is 0.562. The number of rotatable bonds is 3. The zero-order chi connectivity index (χ0) is 13.1. The largest absolute Gasteiger partial charge is 0.481 e. The number of hydrogen-bond donors (Lipinski definition) is 1. The SMILES string of the molecule is Cc1cccc(C)c1CC1CCCCC1C(=O)O. The molecule has 0 radical (unpaired) electrons. The number of aliphatic carboxylic acids is 1. The summed E-state index contributed by atoms with van der Waals surface area (Å²) in [6.45, 7) is 4.25. The van der Waals surface area contributed by atoms with Crippen LogP contribution in [0.3, 0.4) is 0 Å². The van der Waals surface area contributed by atoms with Crippen LogP contribution in [0.4, 0.5) is 0 Å². The highest BCUT2D eigenvalue weighted by Crippen LogP contribution is 2.34. The van der Waals surface area contributed by atoms with Crippen molar-refractivity contribution in [2.45, 2.75) is 46.0 Å². The lowest BCUT2D eigenvalue weighted by Gasteiger charge is -2.29. The minimum Gasteiger partial charge on any atom is -0.481 e. The van der Waals surface area contributed by atoms with Crippen LogP contribution < -0.4 is 0 Å². The molecule has 2 heteroatoms. The van der Waals surface area contributed by atoms with E-state index in [0.717, 1.165) is 25.7 Å². The van der Waals surface area contributed by atoms with Gasteiger partial charge < -0.3 is 5.11 Å². The highest BCUT2D eigenvalue weighted by molar-refractivity contribution is 5.70. The molecule has 0 heterocycles. The van der Waals surface area contributed by atoms with Crippen molar-refractivity contribution in [3.8, 4) is 0 Å². The predicted octanol–water partition coefficient (Wildman–Crippen LogP) is 3.74. The summed E-state index contributed by atoms with van der Waals surface area (Å²) in [5.41, 5.74) is 3.95. The van der Waals surface area contributed by atoms with Crippen molar-refractivity contribution < 1.29 is 9.90 Å². The van der Waals surface area contributed by atoms with Gasteiger partial charge in [-0.2, -0.15) is 0 Å². The smallest absolute Gasteiger partial charge is 0.306 e. The van der Waals surface area contributed by atoms with Crippen molar-refractivity contribution in [2.24, 2.45) is 11.8 Å². The molecule has 0 saturated heterocycles. The van der Waals surface area contributed by atoms with Crippen molar-refractivity contribution in [1.29, 1.82) is 0 Å². The van der Waals surface area contributed by atoms with E-state index in [1.807, 2.05) is 0 Å². The van der Waals surface area contributed by atoms with Gasteiger partial charge in [-0.1, -0.05) is 31.0 Å². The zero-order valence-corrected chi connectivity index (χ0v) is 11.3. The molecule has 0 amide bonds. The third-order valence-electron chi connectivity index (χ3n) is 4.34. The molecule has 1 aliphatic rings. The molecule has 1 fully saturated rings. The fourth-order valence-electron chi connectivity index (χ4n) is 3.21. The van der Waals surface area contributed by atoms with Crippen LogP contribution in [0.25, 0.3) is 0 Å². The van der Waals surface area contributed by atoms with Crippen molar-refractivity contribution in [3.05, 3.63) is 34.9 Å².